The summed E-state index contributed by atoms with van der Waals surface area (Å²) in [4.78, 5) is 22.8. The van der Waals surface area contributed by atoms with Crippen molar-refractivity contribution in [3.05, 3.63) is 66.0 Å². The number of aromatic nitrogens is 2. The second-order valence-corrected chi connectivity index (χ2v) is 6.72. The number of aryl methyl sites for hydroxylation is 1. The van der Waals surface area contributed by atoms with Crippen LogP contribution in [0, 0.1) is 0 Å². The van der Waals surface area contributed by atoms with Crippen LogP contribution in [0.2, 0.25) is 0 Å². The number of amides is 1. The molecule has 1 aliphatic rings. The van der Waals surface area contributed by atoms with E-state index in [0.29, 0.717) is 6.42 Å². The van der Waals surface area contributed by atoms with Crippen LogP contribution in [0.25, 0.3) is 11.0 Å². The standard InChI is InChI=1S/C21H23N3O/c25-20(14-6-10-16-8-2-1-3-9-16)24-15-7-13-19(24)21-22-17-11-4-5-12-18(17)23-21/h1-5,8-9,11-12,19H,6-7,10,13-15H2,(H,22,23)/t19-/m0/s1. The second kappa shape index (κ2) is 7.09. The first kappa shape index (κ1) is 15.9. The maximum atomic E-state index is 12.7. The van der Waals surface area contributed by atoms with Crippen LogP contribution >= 0.6 is 0 Å². The van der Waals surface area contributed by atoms with E-state index in [9.17, 15) is 4.79 Å². The molecule has 0 saturated carbocycles. The van der Waals surface area contributed by atoms with Gasteiger partial charge in [-0.2, -0.15) is 0 Å². The number of rotatable bonds is 5. The number of nitrogens with zero attached hydrogens (tertiary/aromatic N) is 2. The van der Waals surface area contributed by atoms with E-state index in [1.165, 1.54) is 5.56 Å². The molecule has 0 bridgehead atoms. The van der Waals surface area contributed by atoms with Gasteiger partial charge >= 0.3 is 0 Å². The lowest BCUT2D eigenvalue weighted by molar-refractivity contribution is -0.132. The van der Waals surface area contributed by atoms with Crippen molar-refractivity contribution in [2.24, 2.45) is 0 Å². The maximum absolute atomic E-state index is 12.7. The Morgan fingerprint density at radius 3 is 2.76 bits per heavy atom. The molecule has 1 amide bonds. The molecular weight excluding hydrogens is 310 g/mol. The van der Waals surface area contributed by atoms with Gasteiger partial charge in [0.05, 0.1) is 17.1 Å². The number of fused-ring (bicyclic) bond motifs is 1. The van der Waals surface area contributed by atoms with Gasteiger partial charge in [0.1, 0.15) is 5.82 Å². The van der Waals surface area contributed by atoms with Crippen molar-refractivity contribution >= 4 is 16.9 Å². The van der Waals surface area contributed by atoms with Crippen molar-refractivity contribution in [2.75, 3.05) is 6.54 Å². The molecule has 3 aromatic rings. The number of carbonyl (C=O) groups excluding carboxylic acids is 1. The number of nitrogens with one attached hydrogen (secondary N) is 1. The van der Waals surface area contributed by atoms with Gasteiger partial charge in [-0.15, -0.1) is 0 Å². The van der Waals surface area contributed by atoms with Gasteiger partial charge < -0.3 is 9.88 Å². The zero-order chi connectivity index (χ0) is 17.1. The average Bonchev–Trinajstić information content (AvgIpc) is 3.29. The van der Waals surface area contributed by atoms with Crippen LogP contribution in [0.5, 0.6) is 0 Å². The molecule has 0 unspecified atom stereocenters. The number of hydrogen-bond donors (Lipinski definition) is 1. The van der Waals surface area contributed by atoms with Gasteiger partial charge in [-0.05, 0) is 43.4 Å². The van der Waals surface area contributed by atoms with Gasteiger partial charge in [0.25, 0.3) is 0 Å². The van der Waals surface area contributed by atoms with E-state index in [4.69, 9.17) is 4.98 Å². The molecule has 1 fully saturated rings. The molecule has 1 atom stereocenters. The normalized spacial score (nSPS) is 17.3. The maximum Gasteiger partial charge on any atom is 0.223 e. The highest BCUT2D eigenvalue weighted by Crippen LogP contribution is 2.32. The van der Waals surface area contributed by atoms with Gasteiger partial charge in [-0.3, -0.25) is 4.79 Å². The summed E-state index contributed by atoms with van der Waals surface area (Å²) in [5, 5.41) is 0. The molecule has 4 rings (SSSR count). The molecule has 128 valence electrons. The van der Waals surface area contributed by atoms with E-state index in [-0.39, 0.29) is 11.9 Å². The largest absolute Gasteiger partial charge is 0.340 e. The third-order valence-electron chi connectivity index (χ3n) is 5.00. The zero-order valence-electron chi connectivity index (χ0n) is 14.3. The van der Waals surface area contributed by atoms with Gasteiger partial charge in [0.2, 0.25) is 5.91 Å². The molecule has 25 heavy (non-hydrogen) atoms. The lowest BCUT2D eigenvalue weighted by Gasteiger charge is -2.23. The molecule has 4 nitrogen and oxygen atoms in total. The third kappa shape index (κ3) is 3.43. The van der Waals surface area contributed by atoms with Crippen LogP contribution in [0.3, 0.4) is 0 Å². The van der Waals surface area contributed by atoms with E-state index < -0.39 is 0 Å². The molecule has 1 aliphatic heterocycles. The molecule has 1 saturated heterocycles. The first-order chi connectivity index (χ1) is 12.3. The summed E-state index contributed by atoms with van der Waals surface area (Å²) < 4.78 is 0. The number of para-hydroxylation sites is 2. The van der Waals surface area contributed by atoms with Crippen LogP contribution < -0.4 is 0 Å². The van der Waals surface area contributed by atoms with Gasteiger partial charge in [0, 0.05) is 13.0 Å². The number of imidazole rings is 1. The summed E-state index contributed by atoms with van der Waals surface area (Å²) >= 11 is 0. The second-order valence-electron chi connectivity index (χ2n) is 6.72. The van der Waals surface area contributed by atoms with Crippen molar-refractivity contribution in [2.45, 2.75) is 38.1 Å². The lowest BCUT2D eigenvalue weighted by atomic mass is 10.1. The Morgan fingerprint density at radius 1 is 1.12 bits per heavy atom. The Kier molecular flexibility index (Phi) is 4.51. The van der Waals surface area contributed by atoms with Crippen molar-refractivity contribution in [1.29, 1.82) is 0 Å². The quantitative estimate of drug-likeness (QED) is 0.759. The summed E-state index contributed by atoms with van der Waals surface area (Å²) in [6.45, 7) is 0.839. The number of hydrogen-bond acceptors (Lipinski definition) is 2. The number of benzene rings is 2. The smallest absolute Gasteiger partial charge is 0.223 e. The third-order valence-corrected chi connectivity index (χ3v) is 5.00. The molecule has 2 aromatic carbocycles. The SMILES string of the molecule is O=C(CCCc1ccccc1)N1CCC[C@H]1c1nc2ccccc2[nH]1. The zero-order valence-corrected chi connectivity index (χ0v) is 14.3. The molecule has 2 heterocycles. The van der Waals surface area contributed by atoms with Gasteiger partial charge in [-0.1, -0.05) is 42.5 Å². The fourth-order valence-corrected chi connectivity index (χ4v) is 3.71. The Hall–Kier alpha value is -2.62. The van der Waals surface area contributed by atoms with Gasteiger partial charge in [0.15, 0.2) is 0 Å². The van der Waals surface area contributed by atoms with Crippen LogP contribution in [-0.2, 0) is 11.2 Å². The topological polar surface area (TPSA) is 49.0 Å². The molecule has 0 spiro atoms. The van der Waals surface area contributed by atoms with E-state index in [2.05, 4.69) is 29.2 Å². The van der Waals surface area contributed by atoms with E-state index in [1.807, 2.05) is 35.2 Å². The summed E-state index contributed by atoms with van der Waals surface area (Å²) in [7, 11) is 0. The summed E-state index contributed by atoms with van der Waals surface area (Å²) in [5.41, 5.74) is 3.31. The van der Waals surface area contributed by atoms with Crippen LogP contribution in [0.4, 0.5) is 0 Å². The molecule has 0 radical (unpaired) electrons. The van der Waals surface area contributed by atoms with Crippen molar-refractivity contribution in [3.8, 4) is 0 Å². The number of likely N-dealkylation sites (tertiary alicyclic amines) is 1. The monoisotopic (exact) mass is 333 g/mol. The average molecular weight is 333 g/mol. The summed E-state index contributed by atoms with van der Waals surface area (Å²) in [6, 6.07) is 18.5. The van der Waals surface area contributed by atoms with Crippen LogP contribution in [0.15, 0.2) is 54.6 Å². The molecule has 1 N–H and O–H groups in total. The van der Waals surface area contributed by atoms with Gasteiger partial charge in [-0.25, -0.2) is 4.98 Å². The minimum absolute atomic E-state index is 0.0941. The number of carbonyl (C=O) groups is 1. The number of H-pyrrole nitrogens is 1. The highest BCUT2D eigenvalue weighted by atomic mass is 16.2. The minimum atomic E-state index is 0.0941. The predicted octanol–water partition coefficient (Wildman–Crippen LogP) is 4.25. The summed E-state index contributed by atoms with van der Waals surface area (Å²) in [6.07, 6.45) is 4.49. The van der Waals surface area contributed by atoms with Crippen LogP contribution in [-0.4, -0.2) is 27.3 Å². The Labute approximate surface area is 147 Å². The predicted molar refractivity (Wildman–Crippen MR) is 99.2 cm³/mol. The van der Waals surface area contributed by atoms with E-state index in [1.54, 1.807) is 0 Å². The molecule has 4 heteroatoms. The Bertz CT molecular complexity index is 823. The number of aromatic amines is 1. The molecule has 1 aromatic heterocycles. The lowest BCUT2D eigenvalue weighted by Crippen LogP contribution is -2.30. The highest BCUT2D eigenvalue weighted by Gasteiger charge is 2.31. The molecular formula is C21H23N3O. The van der Waals surface area contributed by atoms with Crippen molar-refractivity contribution in [3.63, 3.8) is 0 Å². The highest BCUT2D eigenvalue weighted by molar-refractivity contribution is 5.78. The fourth-order valence-electron chi connectivity index (χ4n) is 3.71. The van der Waals surface area contributed by atoms with Crippen molar-refractivity contribution in [1.82, 2.24) is 14.9 Å². The fraction of sp³-hybridized carbons (Fsp3) is 0.333. The minimum Gasteiger partial charge on any atom is -0.340 e. The van der Waals surface area contributed by atoms with E-state index >= 15 is 0 Å². The Balaban J connectivity index is 1.41. The molecule has 0 aliphatic carbocycles. The first-order valence-corrected chi connectivity index (χ1v) is 9.09. The van der Waals surface area contributed by atoms with Crippen molar-refractivity contribution < 1.29 is 4.79 Å². The first-order valence-electron chi connectivity index (χ1n) is 9.09. The summed E-state index contributed by atoms with van der Waals surface area (Å²) in [5.74, 6) is 1.17. The Morgan fingerprint density at radius 2 is 1.92 bits per heavy atom. The van der Waals surface area contributed by atoms with E-state index in [0.717, 1.165) is 49.1 Å². The van der Waals surface area contributed by atoms with Crippen LogP contribution in [0.1, 0.15) is 43.1 Å².